The van der Waals surface area contributed by atoms with Crippen molar-refractivity contribution >= 4 is 129 Å². The molecule has 0 amide bonds. The first-order chi connectivity index (χ1) is 63.4. The van der Waals surface area contributed by atoms with Crippen LogP contribution in [0.2, 0.25) is 0 Å². The van der Waals surface area contributed by atoms with E-state index in [-0.39, 0.29) is 81.4 Å². The molecule has 0 fully saturated rings. The summed E-state index contributed by atoms with van der Waals surface area (Å²) in [4.78, 5) is 39.5. The smallest absolute Gasteiger partial charge is 0.0373 e. The van der Waals surface area contributed by atoms with Crippen molar-refractivity contribution in [1.29, 1.82) is 0 Å². The molecule has 138 heavy (non-hydrogen) atoms. The first kappa shape index (κ1) is 115. The van der Waals surface area contributed by atoms with Gasteiger partial charge in [-0.15, -0.1) is 0 Å². The van der Waals surface area contributed by atoms with Gasteiger partial charge in [-0.2, -0.15) is 0 Å². The number of ketones is 1. The summed E-state index contributed by atoms with van der Waals surface area (Å²) < 4.78 is 118. The number of para-hydroxylation sites is 2. The van der Waals surface area contributed by atoms with E-state index in [0.717, 1.165) is 125 Å². The molecule has 8 heterocycles. The van der Waals surface area contributed by atoms with Gasteiger partial charge in [0.2, 0.25) is 0 Å². The van der Waals surface area contributed by atoms with E-state index < -0.39 is 53.9 Å². The quantitative estimate of drug-likeness (QED) is 0.0139. The molecule has 0 saturated carbocycles. The van der Waals surface area contributed by atoms with Gasteiger partial charge in [0.1, 0.15) is 0 Å². The van der Waals surface area contributed by atoms with Gasteiger partial charge in [0.25, 0.3) is 50.5 Å². The number of nitrogens with one attached hydrogen (secondary N) is 5. The van der Waals surface area contributed by atoms with Crippen molar-refractivity contribution in [2.75, 3.05) is 73.9 Å². The minimum Gasteiger partial charge on any atom is -0.384 e. The van der Waals surface area contributed by atoms with Gasteiger partial charge in [-0.25, -0.2) is 33.7 Å². The van der Waals surface area contributed by atoms with E-state index in [1.54, 1.807) is 134 Å². The van der Waals surface area contributed by atoms with E-state index in [1.165, 1.54) is 95.0 Å². The maximum absolute atomic E-state index is 12.7. The summed E-state index contributed by atoms with van der Waals surface area (Å²) in [5, 5.41) is 33.5. The van der Waals surface area contributed by atoms with Crippen LogP contribution < -0.4 is 34.6 Å². The molecule has 2 aromatic heterocycles. The second kappa shape index (κ2) is 54.2. The molecule has 32 heteroatoms. The maximum Gasteiger partial charge on any atom is 0.0373 e. The van der Waals surface area contributed by atoms with Gasteiger partial charge in [0.05, 0.1) is 52.0 Å². The molecule has 14 aromatic rings. The van der Waals surface area contributed by atoms with Crippen LogP contribution in [0, 0.1) is 20.2 Å². The first-order valence-corrected chi connectivity index (χ1v) is 50.8. The van der Waals surface area contributed by atoms with Crippen LogP contribution in [0.15, 0.2) is 305 Å². The molecule has 7 N–H and O–H groups in total. The number of rotatable bonds is 15. The van der Waals surface area contributed by atoms with Crippen LogP contribution in [0.4, 0.5) is 51.2 Å². The summed E-state index contributed by atoms with van der Waals surface area (Å²) in [6.07, 6.45) is 13.8. The number of H-pyrrole nitrogens is 2. The van der Waals surface area contributed by atoms with Crippen molar-refractivity contribution in [2.45, 2.75) is 176 Å². The molecule has 26 nitrogen and oxygen atoms in total. The zero-order valence-electron chi connectivity index (χ0n) is 74.0. The van der Waals surface area contributed by atoms with Gasteiger partial charge in [-0.3, -0.25) is 37.9 Å². The van der Waals surface area contributed by atoms with E-state index in [9.17, 15) is 58.7 Å². The molecule has 0 unspecified atom stereocenters. The number of hydrogen-bond acceptors (Lipinski definition) is 19. The van der Waals surface area contributed by atoms with Crippen molar-refractivity contribution < 1.29 is 70.8 Å². The Morgan fingerprint density at radius 2 is 0.732 bits per heavy atom. The van der Waals surface area contributed by atoms with Gasteiger partial charge in [-0.05, 0) is 260 Å². The molecule has 0 radical (unpaired) electrons. The van der Waals surface area contributed by atoms with Crippen LogP contribution in [-0.2, 0) is 132 Å². The van der Waals surface area contributed by atoms with Crippen molar-refractivity contribution in [2.24, 2.45) is 0 Å². The summed E-state index contributed by atoms with van der Waals surface area (Å²) in [7, 11) is -8.89. The molecule has 0 atom stereocenters. The van der Waals surface area contributed by atoms with Gasteiger partial charge in [-0.1, -0.05) is 213 Å². The van der Waals surface area contributed by atoms with Crippen molar-refractivity contribution in [3.8, 4) is 0 Å². The first-order valence-electron chi connectivity index (χ1n) is 43.2. The molecular weight excluding hydrogens is 1890 g/mol. The van der Waals surface area contributed by atoms with Gasteiger partial charge in [0.15, 0.2) is 5.78 Å². The van der Waals surface area contributed by atoms with E-state index in [1.807, 2.05) is 92.8 Å². The molecule has 737 valence electrons. The number of nitrogens with two attached hydrogens (primary N) is 1. The zero-order chi connectivity index (χ0) is 94.7. The van der Waals surface area contributed by atoms with E-state index in [2.05, 4.69) is 107 Å². The number of aromatic amines is 2. The number of aromatic nitrogens is 2. The second-order valence-electron chi connectivity index (χ2n) is 31.0. The molecule has 0 spiro atoms. The third-order valence-electron chi connectivity index (χ3n) is 22.7. The molecular formula is C106H130ClMnN11O15S4. The number of sulfonamides is 3. The van der Waals surface area contributed by atoms with Gasteiger partial charge in [0, 0.05) is 125 Å². The number of nitrogens with zero attached hydrogens (tertiary/aromatic N) is 5. The van der Waals surface area contributed by atoms with Crippen LogP contribution >= 0.6 is 10.7 Å². The second-order valence-corrected chi connectivity index (χ2v) is 39.3. The number of nitrogen functional groups attached to an aromatic ring is 1. The predicted octanol–water partition coefficient (Wildman–Crippen LogP) is 24.2. The number of nitro benzene ring substituents is 2. The van der Waals surface area contributed by atoms with E-state index in [4.69, 9.17) is 24.1 Å². The number of hydrogen-bond donors (Lipinski definition) is 6. The maximum atomic E-state index is 12.7. The average Bonchev–Trinajstić information content (AvgIpc) is 1.62. The Balaban J connectivity index is 0.000000274. The van der Waals surface area contributed by atoms with E-state index >= 15 is 0 Å². The third kappa shape index (κ3) is 29.5. The number of nitro groups is 2. The SMILES string of the molecule is C.C.C.C.C.C.CC(=O)c1ccc2c(c1)CCN2S(=O)(=O)c1ccccc1.CCc1cc2c(cc1[N+](=O)[O-])NCC2.CCc1cc2cc[nH]c2cc1N.CCc1cc2cc[nH]c2cc1[N+](=O)[O-].CCc1ccc2c(c1)CCN2.CCc1ccc2c(c1)CCN2S(=O)(=O)c1ccccc1.O=S(=O)(Cl)c1ccccc1.O=S(=O)(c1ccccc1)N1CCc2ccccc21.[O]=[Mn]=[O].c1ccc2c(c1)CCN2. The molecule has 6 aliphatic rings. The van der Waals surface area contributed by atoms with Crippen molar-refractivity contribution in [3.05, 3.63) is 372 Å². The molecule has 12 aromatic carbocycles. The standard InChI is InChI=1S/C16H15NO3S.C16H17NO2S.C14H13NO2S.C10H12N2O2.C10H10N2O2.C10H12N2.C10H13N.C8H9N.C6H5ClO2S.6CH4.Mn.2O/c1-12(18)13-7-8-16-14(11-13)9-10-17(16)21(19,20)15-5-3-2-4-6-15;1-2-13-8-9-16-14(12-13)10-11-17(16)20(18,19)15-6-4-3-5-7-15;16-18(17,13-7-2-1-3-8-13)15-11-10-12-6-4-5-9-14(12)15;2*1-2-7-5-8-3-4-11-9(8)6-10(7)12(13)14;1-2-7-5-8-3-4-12-10(8)6-9(7)11;1-2-8-3-4-10-9(7-8)5-6-11-10;1-2-4-8-7(3-1)5-6-9-8;7-10(8,9)6-4-2-1-3-5-6;;;;;;;;;/h2-8,11H,9-10H2,1H3;3-9,12H,2,10-11H2,1H3;1-9H,10-11H2;5-6,11H,2-4H2,1H3;3-6,11H,2H2,1H3;3-6,12H,2,11H2,1H3;3-4,7,11H,2,5-6H2,1H3;1-4,9H,5-6H2;1-5H;6*1H4;;;. The van der Waals surface area contributed by atoms with Crippen LogP contribution in [0.5, 0.6) is 0 Å². The number of fused-ring (bicyclic) bond motifs is 8. The number of Topliss-reactive ketones (excluding diaryl/α,β-unsaturated/α-hetero) is 1. The Morgan fingerprint density at radius 1 is 0.377 bits per heavy atom. The normalized spacial score (nSPS) is 12.5. The Bertz CT molecular complexity index is 6880. The molecule has 20 rings (SSSR count). The third-order valence-corrected chi connectivity index (χ3v) is 29.6. The number of halogens is 1. The molecule has 6 aliphatic heterocycles. The summed E-state index contributed by atoms with van der Waals surface area (Å²) >= 11 is -1.44. The molecule has 0 saturated heterocycles. The summed E-state index contributed by atoms with van der Waals surface area (Å²) in [6.45, 7) is 16.4. The predicted molar refractivity (Wildman–Crippen MR) is 562 cm³/mol. The largest absolute Gasteiger partial charge is 0.384 e. The summed E-state index contributed by atoms with van der Waals surface area (Å²) in [5.74, 6) is -0.0119. The Hall–Kier alpha value is -13.0. The van der Waals surface area contributed by atoms with Crippen molar-refractivity contribution in [3.63, 3.8) is 0 Å². The fourth-order valence-electron chi connectivity index (χ4n) is 15.8. The van der Waals surface area contributed by atoms with Gasteiger partial charge >= 0.3 is 22.5 Å². The Kier molecular flexibility index (Phi) is 45.4. The van der Waals surface area contributed by atoms with Crippen LogP contribution in [0.1, 0.15) is 158 Å². The molecule has 0 bridgehead atoms. The number of carbonyl (C=O) groups is 1. The Labute approximate surface area is 825 Å². The number of benzene rings is 12. The average molecular weight is 2020 g/mol. The van der Waals surface area contributed by atoms with Crippen LogP contribution in [-0.4, -0.2) is 98.5 Å². The molecule has 0 aliphatic carbocycles. The summed E-state index contributed by atoms with van der Waals surface area (Å²) in [5.41, 5.74) is 28.4. The minimum atomic E-state index is -3.54. The monoisotopic (exact) mass is 2010 g/mol. The van der Waals surface area contributed by atoms with E-state index in [0.29, 0.717) is 59.9 Å². The number of carbonyl (C=O) groups excluding carboxylic acids is 1. The number of anilines is 7. The minimum absolute atomic E-state index is 0. The zero-order valence-corrected chi connectivity index (χ0v) is 79.2. The Morgan fingerprint density at radius 3 is 1.17 bits per heavy atom. The van der Waals surface area contributed by atoms with Crippen LogP contribution in [0.25, 0.3) is 21.8 Å². The topological polar surface area (TPSA) is 377 Å². The number of aryl methyl sites for hydroxylation is 5. The van der Waals surface area contributed by atoms with Gasteiger partial charge < -0.3 is 31.7 Å². The summed E-state index contributed by atoms with van der Waals surface area (Å²) in [6, 6.07) is 82.7. The fraction of sp³-hybridized carbons (Fsp3) is 0.274. The van der Waals surface area contributed by atoms with Crippen molar-refractivity contribution in [1.82, 2.24) is 9.97 Å². The van der Waals surface area contributed by atoms with Crippen LogP contribution in [0.3, 0.4) is 0 Å². The fourth-order valence-corrected chi connectivity index (χ4v) is 21.1.